The van der Waals surface area contributed by atoms with Crippen LogP contribution in [0.15, 0.2) is 24.3 Å². The number of amides is 1. The lowest BCUT2D eigenvalue weighted by Crippen LogP contribution is -2.34. The molecular formula is C25H31NO4S. The van der Waals surface area contributed by atoms with Gasteiger partial charge in [0, 0.05) is 23.7 Å². The molecule has 1 saturated heterocycles. The number of benzene rings is 1. The monoisotopic (exact) mass is 441 g/mol. The highest BCUT2D eigenvalue weighted by molar-refractivity contribution is 7.17. The van der Waals surface area contributed by atoms with Gasteiger partial charge in [-0.3, -0.25) is 4.79 Å². The molecule has 4 rings (SSSR count). The molecule has 0 atom stereocenters. The van der Waals surface area contributed by atoms with Crippen molar-refractivity contribution in [2.45, 2.75) is 64.7 Å². The van der Waals surface area contributed by atoms with Crippen LogP contribution >= 0.6 is 11.3 Å². The average molecular weight is 442 g/mol. The van der Waals surface area contributed by atoms with E-state index in [0.29, 0.717) is 22.9 Å². The number of fused-ring (bicyclic) bond motifs is 1. The largest absolute Gasteiger partial charge is 0.478 e. The van der Waals surface area contributed by atoms with Gasteiger partial charge in [-0.15, -0.1) is 11.3 Å². The third-order valence-corrected chi connectivity index (χ3v) is 8.02. The fourth-order valence-electron chi connectivity index (χ4n) is 5.43. The molecule has 1 fully saturated rings. The first-order valence-corrected chi connectivity index (χ1v) is 11.8. The van der Waals surface area contributed by atoms with E-state index in [2.05, 4.69) is 33.0 Å². The van der Waals surface area contributed by atoms with E-state index in [9.17, 15) is 14.7 Å². The Bertz CT molecular complexity index is 997. The maximum Gasteiger partial charge on any atom is 0.339 e. The van der Waals surface area contributed by atoms with Crippen LogP contribution in [0.1, 0.15) is 89.6 Å². The lowest BCUT2D eigenvalue weighted by molar-refractivity contribution is 0.0696. The van der Waals surface area contributed by atoms with Crippen LogP contribution in [-0.2, 0) is 16.6 Å². The molecular weight excluding hydrogens is 410 g/mol. The van der Waals surface area contributed by atoms with Crippen LogP contribution < -0.4 is 5.32 Å². The molecule has 1 aliphatic carbocycles. The van der Waals surface area contributed by atoms with Crippen molar-refractivity contribution in [2.24, 2.45) is 5.41 Å². The number of thiophene rings is 1. The summed E-state index contributed by atoms with van der Waals surface area (Å²) in [4.78, 5) is 26.2. The van der Waals surface area contributed by atoms with E-state index in [1.54, 1.807) is 0 Å². The van der Waals surface area contributed by atoms with Gasteiger partial charge < -0.3 is 15.2 Å². The van der Waals surface area contributed by atoms with Crippen molar-refractivity contribution in [3.05, 3.63) is 51.4 Å². The molecule has 1 aromatic carbocycles. The van der Waals surface area contributed by atoms with Crippen molar-refractivity contribution in [1.29, 1.82) is 0 Å². The maximum atomic E-state index is 13.0. The molecule has 0 unspecified atom stereocenters. The van der Waals surface area contributed by atoms with Gasteiger partial charge in [0.2, 0.25) is 0 Å². The number of carboxylic acids is 1. The number of nitrogens with one attached hydrogen (secondary N) is 1. The minimum atomic E-state index is -0.976. The van der Waals surface area contributed by atoms with Crippen molar-refractivity contribution in [3.8, 4) is 0 Å². The summed E-state index contributed by atoms with van der Waals surface area (Å²) in [5.74, 6) is -0.771. The molecule has 166 valence electrons. The van der Waals surface area contributed by atoms with Crippen LogP contribution in [0.4, 0.5) is 5.00 Å². The number of rotatable bonds is 4. The van der Waals surface area contributed by atoms with Crippen molar-refractivity contribution in [2.75, 3.05) is 18.5 Å². The maximum absolute atomic E-state index is 13.0. The molecule has 6 heteroatoms. The molecule has 31 heavy (non-hydrogen) atoms. The van der Waals surface area contributed by atoms with E-state index in [1.165, 1.54) is 16.9 Å². The first-order valence-electron chi connectivity index (χ1n) is 11.0. The number of aromatic carboxylic acids is 1. The van der Waals surface area contributed by atoms with Crippen LogP contribution in [0.3, 0.4) is 0 Å². The van der Waals surface area contributed by atoms with Crippen molar-refractivity contribution < 1.29 is 19.4 Å². The van der Waals surface area contributed by atoms with E-state index >= 15 is 0 Å². The second kappa shape index (κ2) is 8.06. The van der Waals surface area contributed by atoms with Crippen molar-refractivity contribution in [1.82, 2.24) is 0 Å². The highest BCUT2D eigenvalue weighted by Gasteiger charge is 2.42. The molecule has 2 aromatic rings. The van der Waals surface area contributed by atoms with Gasteiger partial charge in [0.25, 0.3) is 5.91 Å². The zero-order valence-corrected chi connectivity index (χ0v) is 19.5. The quantitative estimate of drug-likeness (QED) is 0.625. The Morgan fingerprint density at radius 1 is 1.10 bits per heavy atom. The highest BCUT2D eigenvalue weighted by atomic mass is 32.1. The van der Waals surface area contributed by atoms with Gasteiger partial charge in [0.05, 0.1) is 5.56 Å². The topological polar surface area (TPSA) is 75.6 Å². The minimum Gasteiger partial charge on any atom is -0.478 e. The third-order valence-electron chi connectivity index (χ3n) is 6.50. The molecule has 5 nitrogen and oxygen atoms in total. The number of hydrogen-bond acceptors (Lipinski definition) is 4. The van der Waals surface area contributed by atoms with E-state index in [-0.39, 0.29) is 22.3 Å². The summed E-state index contributed by atoms with van der Waals surface area (Å²) in [5.41, 5.74) is 2.79. The predicted molar refractivity (Wildman–Crippen MR) is 124 cm³/mol. The van der Waals surface area contributed by atoms with Crippen LogP contribution in [0.2, 0.25) is 0 Å². The smallest absolute Gasteiger partial charge is 0.339 e. The van der Waals surface area contributed by atoms with Gasteiger partial charge in [-0.05, 0) is 65.7 Å². The van der Waals surface area contributed by atoms with Gasteiger partial charge in [0.1, 0.15) is 5.00 Å². The van der Waals surface area contributed by atoms with E-state index < -0.39 is 5.97 Å². The fourth-order valence-corrected chi connectivity index (χ4v) is 6.73. The van der Waals surface area contributed by atoms with E-state index in [1.807, 2.05) is 24.3 Å². The van der Waals surface area contributed by atoms with Crippen LogP contribution in [-0.4, -0.2) is 30.2 Å². The molecule has 2 N–H and O–H groups in total. The zero-order valence-electron chi connectivity index (χ0n) is 18.7. The Morgan fingerprint density at radius 3 is 2.35 bits per heavy atom. The summed E-state index contributed by atoms with van der Waals surface area (Å²) in [5, 5.41) is 13.3. The summed E-state index contributed by atoms with van der Waals surface area (Å²) in [7, 11) is 0. The number of ether oxygens (including phenoxy) is 1. The minimum absolute atomic E-state index is 0.0169. The first-order chi connectivity index (χ1) is 14.6. The molecule has 0 bridgehead atoms. The van der Waals surface area contributed by atoms with Gasteiger partial charge in [-0.2, -0.15) is 0 Å². The Hall–Kier alpha value is -2.18. The molecule has 0 radical (unpaired) electrons. The van der Waals surface area contributed by atoms with Crippen LogP contribution in [0.5, 0.6) is 0 Å². The summed E-state index contributed by atoms with van der Waals surface area (Å²) in [6.45, 7) is 10.2. The Kier molecular flexibility index (Phi) is 5.73. The van der Waals surface area contributed by atoms with Crippen LogP contribution in [0.25, 0.3) is 0 Å². The number of hydrogen-bond donors (Lipinski definition) is 2. The van der Waals surface area contributed by atoms with E-state index in [0.717, 1.165) is 42.9 Å². The van der Waals surface area contributed by atoms with Crippen molar-refractivity contribution in [3.63, 3.8) is 0 Å². The molecule has 0 spiro atoms. The molecule has 0 saturated carbocycles. The zero-order chi connectivity index (χ0) is 22.4. The lowest BCUT2D eigenvalue weighted by atomic mass is 9.65. The van der Waals surface area contributed by atoms with Crippen molar-refractivity contribution >= 4 is 28.2 Å². The summed E-state index contributed by atoms with van der Waals surface area (Å²) in [6, 6.07) is 7.68. The Labute approximate surface area is 187 Å². The SMILES string of the molecule is CC1(C)Cc2c(sc(NC(=O)c3ccc(C4CCOCC4)cc3)c2C(=O)O)C(C)(C)C1. The summed E-state index contributed by atoms with van der Waals surface area (Å²) < 4.78 is 5.43. The van der Waals surface area contributed by atoms with Crippen LogP contribution in [0, 0.1) is 5.41 Å². The highest BCUT2D eigenvalue weighted by Crippen LogP contribution is 2.52. The average Bonchev–Trinajstić information content (AvgIpc) is 3.06. The Morgan fingerprint density at radius 2 is 1.74 bits per heavy atom. The first kappa shape index (κ1) is 22.0. The lowest BCUT2D eigenvalue weighted by Gasteiger charge is -2.40. The predicted octanol–water partition coefficient (Wildman–Crippen LogP) is 5.84. The summed E-state index contributed by atoms with van der Waals surface area (Å²) in [6.07, 6.45) is 3.69. The fraction of sp³-hybridized carbons (Fsp3) is 0.520. The molecule has 2 heterocycles. The van der Waals surface area contributed by atoms with E-state index in [4.69, 9.17) is 4.74 Å². The Balaban J connectivity index is 1.60. The van der Waals surface area contributed by atoms with Gasteiger partial charge >= 0.3 is 5.97 Å². The van der Waals surface area contributed by atoms with Gasteiger partial charge in [0.15, 0.2) is 0 Å². The normalized spacial score (nSPS) is 20.1. The standard InChI is InChI=1S/C25H31NO4S/c1-24(2)13-18-19(23(28)29)22(31-20(18)25(3,4)14-24)26-21(27)17-7-5-15(6-8-17)16-9-11-30-12-10-16/h5-8,16H,9-14H2,1-4H3,(H,26,27)(H,28,29). The number of carbonyl (C=O) groups is 2. The number of carbonyl (C=O) groups excluding carboxylic acids is 1. The van der Waals surface area contributed by atoms with Gasteiger partial charge in [-0.25, -0.2) is 4.79 Å². The second-order valence-electron chi connectivity index (χ2n) is 10.3. The molecule has 2 aliphatic rings. The summed E-state index contributed by atoms with van der Waals surface area (Å²) >= 11 is 1.42. The number of anilines is 1. The van der Waals surface area contributed by atoms with Gasteiger partial charge in [-0.1, -0.05) is 39.8 Å². The molecule has 1 amide bonds. The molecule has 1 aromatic heterocycles. The molecule has 1 aliphatic heterocycles. The third kappa shape index (κ3) is 4.41. The number of carboxylic acid groups (broad SMARTS) is 1. The second-order valence-corrected chi connectivity index (χ2v) is 11.3.